The van der Waals surface area contributed by atoms with Crippen LogP contribution in [0.25, 0.3) is 6.08 Å². The summed E-state index contributed by atoms with van der Waals surface area (Å²) in [6, 6.07) is 7.32. The molecular formula is C19H19ClN2O2S. The predicted octanol–water partition coefficient (Wildman–Crippen LogP) is 5.21. The second-order valence-electron chi connectivity index (χ2n) is 6.15. The van der Waals surface area contributed by atoms with E-state index in [0.29, 0.717) is 27.4 Å². The predicted molar refractivity (Wildman–Crippen MR) is 102 cm³/mol. The van der Waals surface area contributed by atoms with Crippen molar-refractivity contribution in [1.82, 2.24) is 4.98 Å². The highest BCUT2D eigenvalue weighted by molar-refractivity contribution is 7.17. The van der Waals surface area contributed by atoms with Crippen molar-refractivity contribution < 1.29 is 9.59 Å². The molecule has 0 atom stereocenters. The Balaban J connectivity index is 1.57. The van der Waals surface area contributed by atoms with Gasteiger partial charge in [-0.25, -0.2) is 4.98 Å². The number of carbonyl (C=O) groups is 2. The van der Waals surface area contributed by atoms with Crippen LogP contribution in [0.1, 0.15) is 47.3 Å². The van der Waals surface area contributed by atoms with Crippen LogP contribution in [-0.2, 0) is 4.79 Å². The van der Waals surface area contributed by atoms with Crippen molar-refractivity contribution in [2.75, 3.05) is 5.32 Å². The Kier molecular flexibility index (Phi) is 6.00. The number of ketones is 1. The average molecular weight is 375 g/mol. The Morgan fingerprint density at radius 3 is 2.80 bits per heavy atom. The normalized spacial score (nSPS) is 14.9. The molecule has 0 bridgehead atoms. The lowest BCUT2D eigenvalue weighted by Gasteiger charge is -2.07. The van der Waals surface area contributed by atoms with E-state index in [0.717, 1.165) is 18.4 Å². The van der Waals surface area contributed by atoms with Gasteiger partial charge >= 0.3 is 0 Å². The molecule has 1 aliphatic rings. The fraction of sp³-hybridized carbons (Fsp3) is 0.316. The van der Waals surface area contributed by atoms with Gasteiger partial charge in [0.15, 0.2) is 10.9 Å². The maximum Gasteiger partial charge on any atom is 0.226 e. The number of nitrogens with zero attached hydrogens (tertiary/aromatic N) is 1. The third-order valence-corrected chi connectivity index (χ3v) is 5.53. The Labute approximate surface area is 155 Å². The first kappa shape index (κ1) is 17.8. The maximum atomic E-state index is 12.2. The number of halogens is 1. The molecule has 3 rings (SSSR count). The van der Waals surface area contributed by atoms with Crippen LogP contribution < -0.4 is 5.32 Å². The number of allylic oxidation sites excluding steroid dienone is 1. The molecule has 0 radical (unpaired) electrons. The molecule has 0 spiro atoms. The second kappa shape index (κ2) is 8.41. The minimum Gasteiger partial charge on any atom is -0.302 e. The highest BCUT2D eigenvalue weighted by atomic mass is 35.5. The lowest BCUT2D eigenvalue weighted by molar-refractivity contribution is -0.117. The van der Waals surface area contributed by atoms with E-state index >= 15 is 0 Å². The third-order valence-electron chi connectivity index (χ3n) is 4.26. The number of aromatic nitrogens is 1. The van der Waals surface area contributed by atoms with E-state index in [2.05, 4.69) is 10.3 Å². The molecule has 1 N–H and O–H groups in total. The number of carbonyl (C=O) groups excluding carboxylic acids is 2. The molecule has 1 aromatic carbocycles. The van der Waals surface area contributed by atoms with Crippen LogP contribution in [0.5, 0.6) is 0 Å². The van der Waals surface area contributed by atoms with Gasteiger partial charge in [-0.2, -0.15) is 0 Å². The Morgan fingerprint density at radius 1 is 1.28 bits per heavy atom. The molecule has 25 heavy (non-hydrogen) atoms. The topological polar surface area (TPSA) is 59.1 Å². The first-order valence-electron chi connectivity index (χ1n) is 8.34. The number of amides is 1. The zero-order valence-corrected chi connectivity index (χ0v) is 15.3. The number of rotatable bonds is 6. The Hall–Kier alpha value is -1.98. The SMILES string of the molecule is O=C(CC1CCCC1)Nc1ncc(C(=O)/C=C/c2ccccc2Cl)s1. The zero-order valence-electron chi connectivity index (χ0n) is 13.7. The van der Waals surface area contributed by atoms with E-state index in [4.69, 9.17) is 11.6 Å². The van der Waals surface area contributed by atoms with Gasteiger partial charge in [0.05, 0.1) is 11.1 Å². The summed E-state index contributed by atoms with van der Waals surface area (Å²) in [5.74, 6) is 0.306. The van der Waals surface area contributed by atoms with Crippen LogP contribution in [0, 0.1) is 5.92 Å². The summed E-state index contributed by atoms with van der Waals surface area (Å²) in [7, 11) is 0. The zero-order chi connectivity index (χ0) is 17.6. The number of benzene rings is 1. The van der Waals surface area contributed by atoms with E-state index in [1.807, 2.05) is 18.2 Å². The summed E-state index contributed by atoms with van der Waals surface area (Å²) in [6.45, 7) is 0. The fourth-order valence-corrected chi connectivity index (χ4v) is 3.90. The van der Waals surface area contributed by atoms with Crippen LogP contribution in [-0.4, -0.2) is 16.7 Å². The van der Waals surface area contributed by atoms with E-state index in [9.17, 15) is 9.59 Å². The first-order chi connectivity index (χ1) is 12.1. The van der Waals surface area contributed by atoms with Crippen molar-refractivity contribution in [2.24, 2.45) is 5.92 Å². The number of hydrogen-bond donors (Lipinski definition) is 1. The lowest BCUT2D eigenvalue weighted by Crippen LogP contribution is -2.14. The van der Waals surface area contributed by atoms with E-state index in [1.165, 1.54) is 36.5 Å². The van der Waals surface area contributed by atoms with Crippen molar-refractivity contribution in [3.8, 4) is 0 Å². The van der Waals surface area contributed by atoms with Gasteiger partial charge in [0.2, 0.25) is 5.91 Å². The summed E-state index contributed by atoms with van der Waals surface area (Å²) in [5, 5.41) is 3.86. The number of thiazole rings is 1. The summed E-state index contributed by atoms with van der Waals surface area (Å²) in [6.07, 6.45) is 9.87. The molecule has 1 aliphatic carbocycles. The summed E-state index contributed by atoms with van der Waals surface area (Å²) in [4.78, 5) is 28.9. The molecule has 1 amide bonds. The molecule has 6 heteroatoms. The maximum absolute atomic E-state index is 12.2. The molecule has 1 heterocycles. The van der Waals surface area contributed by atoms with Crippen molar-refractivity contribution in [3.05, 3.63) is 52.0 Å². The van der Waals surface area contributed by atoms with Gasteiger partial charge in [-0.05, 0) is 42.5 Å². The van der Waals surface area contributed by atoms with Crippen LogP contribution in [0.15, 0.2) is 36.5 Å². The average Bonchev–Trinajstić information content (AvgIpc) is 3.26. The molecule has 2 aromatic rings. The highest BCUT2D eigenvalue weighted by Gasteiger charge is 2.19. The number of anilines is 1. The van der Waals surface area contributed by atoms with Crippen LogP contribution in [0.2, 0.25) is 5.02 Å². The Bertz CT molecular complexity index is 794. The molecule has 1 fully saturated rings. The van der Waals surface area contributed by atoms with Gasteiger partial charge in [0, 0.05) is 11.4 Å². The van der Waals surface area contributed by atoms with Crippen molar-refractivity contribution >= 4 is 45.8 Å². The van der Waals surface area contributed by atoms with Gasteiger partial charge in [0.1, 0.15) is 0 Å². The molecule has 1 aromatic heterocycles. The van der Waals surface area contributed by atoms with E-state index < -0.39 is 0 Å². The van der Waals surface area contributed by atoms with E-state index in [1.54, 1.807) is 12.1 Å². The van der Waals surface area contributed by atoms with Gasteiger partial charge in [-0.1, -0.05) is 54.0 Å². The number of hydrogen-bond acceptors (Lipinski definition) is 4. The quantitative estimate of drug-likeness (QED) is 0.557. The van der Waals surface area contributed by atoms with Crippen molar-refractivity contribution in [3.63, 3.8) is 0 Å². The molecular weight excluding hydrogens is 356 g/mol. The van der Waals surface area contributed by atoms with Gasteiger partial charge < -0.3 is 5.32 Å². The van der Waals surface area contributed by atoms with Crippen LogP contribution in [0.4, 0.5) is 5.13 Å². The Morgan fingerprint density at radius 2 is 2.04 bits per heavy atom. The summed E-state index contributed by atoms with van der Waals surface area (Å²) >= 11 is 7.25. The monoisotopic (exact) mass is 374 g/mol. The van der Waals surface area contributed by atoms with Crippen molar-refractivity contribution in [1.29, 1.82) is 0 Å². The molecule has 4 nitrogen and oxygen atoms in total. The van der Waals surface area contributed by atoms with Crippen molar-refractivity contribution in [2.45, 2.75) is 32.1 Å². The molecule has 1 saturated carbocycles. The molecule has 0 saturated heterocycles. The van der Waals surface area contributed by atoms with Crippen LogP contribution in [0.3, 0.4) is 0 Å². The fourth-order valence-electron chi connectivity index (χ4n) is 2.95. The largest absolute Gasteiger partial charge is 0.302 e. The summed E-state index contributed by atoms with van der Waals surface area (Å²) in [5.41, 5.74) is 0.784. The lowest BCUT2D eigenvalue weighted by atomic mass is 10.0. The summed E-state index contributed by atoms with van der Waals surface area (Å²) < 4.78 is 0. The molecule has 0 unspecified atom stereocenters. The number of nitrogens with one attached hydrogen (secondary N) is 1. The van der Waals surface area contributed by atoms with Gasteiger partial charge in [-0.15, -0.1) is 0 Å². The van der Waals surface area contributed by atoms with Gasteiger partial charge in [-0.3, -0.25) is 9.59 Å². The first-order valence-corrected chi connectivity index (χ1v) is 9.54. The third kappa shape index (κ3) is 5.00. The van der Waals surface area contributed by atoms with Crippen LogP contribution >= 0.6 is 22.9 Å². The second-order valence-corrected chi connectivity index (χ2v) is 7.59. The van der Waals surface area contributed by atoms with Gasteiger partial charge in [0.25, 0.3) is 0 Å². The minimum absolute atomic E-state index is 0.0214. The smallest absolute Gasteiger partial charge is 0.226 e. The van der Waals surface area contributed by atoms with E-state index in [-0.39, 0.29) is 11.7 Å². The molecule has 0 aliphatic heterocycles. The standard InChI is InChI=1S/C19H19ClN2O2S/c20-15-8-4-3-7-14(15)9-10-16(23)17-12-21-19(25-17)22-18(24)11-13-5-1-2-6-13/h3-4,7-10,12-13H,1-2,5-6,11H2,(H,21,22,24)/b10-9+. The highest BCUT2D eigenvalue weighted by Crippen LogP contribution is 2.28. The molecule has 130 valence electrons. The minimum atomic E-state index is -0.159.